The van der Waals surface area contributed by atoms with E-state index in [9.17, 15) is 9.90 Å². The monoisotopic (exact) mass is 721 g/mol. The molecule has 0 saturated carbocycles. The van der Waals surface area contributed by atoms with Crippen LogP contribution in [-0.4, -0.2) is 15.9 Å². The molecule has 0 saturated heterocycles. The Morgan fingerprint density at radius 1 is 0.950 bits per heavy atom. The summed E-state index contributed by atoms with van der Waals surface area (Å²) >= 11 is 0. The van der Waals surface area contributed by atoms with Gasteiger partial charge in [-0.05, 0) is 66.1 Å². The number of allylic oxidation sites excluding steroid dienone is 2. The number of aryl methyl sites for hydroxylation is 2. The second kappa shape index (κ2) is 15.6. The third kappa shape index (κ3) is 8.60. The van der Waals surface area contributed by atoms with Crippen LogP contribution in [0, 0.1) is 30.7 Å². The molecule has 0 spiro atoms. The summed E-state index contributed by atoms with van der Waals surface area (Å²) in [6, 6.07) is 16.6. The molecule has 2 aromatic carbocycles. The van der Waals surface area contributed by atoms with Crippen LogP contribution in [0.25, 0.3) is 22.0 Å². The summed E-state index contributed by atoms with van der Waals surface area (Å²) in [5.74, 6) is 0.877. The maximum absolute atomic E-state index is 12.2. The van der Waals surface area contributed by atoms with Crippen molar-refractivity contribution in [3.05, 3.63) is 77.2 Å². The van der Waals surface area contributed by atoms with Crippen LogP contribution < -0.4 is 0 Å². The number of aliphatic hydroxyl groups is 1. The molecule has 1 atom stereocenters. The van der Waals surface area contributed by atoms with Gasteiger partial charge in [-0.2, -0.15) is 0 Å². The Kier molecular flexibility index (Phi) is 14.0. The Bertz CT molecular complexity index is 1260. The van der Waals surface area contributed by atoms with E-state index in [1.165, 1.54) is 28.0 Å². The molecule has 221 valence electrons. The molecule has 0 aliphatic carbocycles. The first-order valence-electron chi connectivity index (χ1n) is 14.7. The number of aromatic nitrogens is 1. The molecule has 0 bridgehead atoms. The number of carbonyl (C=O) groups is 1. The van der Waals surface area contributed by atoms with Crippen molar-refractivity contribution >= 4 is 16.6 Å². The Hall–Kier alpha value is -2.29. The fraction of sp³-hybridized carbons (Fsp3) is 0.500. The van der Waals surface area contributed by atoms with Crippen molar-refractivity contribution in [3.63, 3.8) is 0 Å². The summed E-state index contributed by atoms with van der Waals surface area (Å²) in [5.41, 5.74) is 5.32. The molecule has 0 fully saturated rings. The number of benzene rings is 2. The molecule has 1 N–H and O–H groups in total. The van der Waals surface area contributed by atoms with E-state index >= 15 is 0 Å². The average Bonchev–Trinajstić information content (AvgIpc) is 2.94. The van der Waals surface area contributed by atoms with Gasteiger partial charge in [-0.25, -0.2) is 0 Å². The van der Waals surface area contributed by atoms with Crippen LogP contribution in [0.2, 0.25) is 0 Å². The van der Waals surface area contributed by atoms with Gasteiger partial charge in [0.05, 0.1) is 0 Å². The zero-order chi connectivity index (χ0) is 29.4. The molecule has 1 radical (unpaired) electrons. The number of nitrogens with zero attached hydrogens (tertiary/aromatic N) is 1. The number of rotatable bonds is 10. The predicted molar refractivity (Wildman–Crippen MR) is 167 cm³/mol. The van der Waals surface area contributed by atoms with Crippen LogP contribution in [0.15, 0.2) is 54.4 Å². The Labute approximate surface area is 257 Å². The van der Waals surface area contributed by atoms with E-state index in [1.54, 1.807) is 0 Å². The van der Waals surface area contributed by atoms with E-state index in [2.05, 4.69) is 75.1 Å². The number of hydrogen-bond acceptors (Lipinski definition) is 3. The van der Waals surface area contributed by atoms with Gasteiger partial charge < -0.3 is 10.1 Å². The van der Waals surface area contributed by atoms with Gasteiger partial charge >= 0.3 is 0 Å². The van der Waals surface area contributed by atoms with Crippen molar-refractivity contribution in [1.82, 2.24) is 4.98 Å². The Morgan fingerprint density at radius 2 is 1.55 bits per heavy atom. The number of carbonyl (C=O) groups excluding carboxylic acids is 1. The molecule has 0 aliphatic rings. The van der Waals surface area contributed by atoms with Crippen molar-refractivity contribution in [2.24, 2.45) is 10.8 Å². The topological polar surface area (TPSA) is 50.2 Å². The van der Waals surface area contributed by atoms with Crippen molar-refractivity contribution < 1.29 is 30.0 Å². The van der Waals surface area contributed by atoms with Gasteiger partial charge in [0.2, 0.25) is 0 Å². The van der Waals surface area contributed by atoms with E-state index < -0.39 is 0 Å². The first kappa shape index (κ1) is 35.7. The van der Waals surface area contributed by atoms with Crippen LogP contribution in [0.3, 0.4) is 0 Å². The van der Waals surface area contributed by atoms with Crippen LogP contribution in [0.5, 0.6) is 0 Å². The normalized spacial score (nSPS) is 12.8. The largest absolute Gasteiger partial charge is 0.512 e. The summed E-state index contributed by atoms with van der Waals surface area (Å²) in [4.78, 5) is 16.8. The van der Waals surface area contributed by atoms with Crippen LogP contribution in [0.4, 0.5) is 0 Å². The van der Waals surface area contributed by atoms with Crippen molar-refractivity contribution in [2.45, 2.75) is 107 Å². The molecule has 40 heavy (non-hydrogen) atoms. The van der Waals surface area contributed by atoms with E-state index in [0.717, 1.165) is 48.9 Å². The maximum Gasteiger partial charge on any atom is 0.164 e. The number of hydrogen-bond donors (Lipinski definition) is 1. The number of aliphatic hydroxyl groups excluding tert-OH is 1. The van der Waals surface area contributed by atoms with Crippen LogP contribution in [-0.2, 0) is 24.9 Å². The predicted octanol–water partition coefficient (Wildman–Crippen LogP) is 10.5. The van der Waals surface area contributed by atoms with Crippen molar-refractivity contribution in [1.29, 1.82) is 0 Å². The maximum atomic E-state index is 12.2. The zero-order valence-electron chi connectivity index (χ0n) is 26.4. The van der Waals surface area contributed by atoms with Gasteiger partial charge in [0, 0.05) is 43.2 Å². The van der Waals surface area contributed by atoms with Crippen LogP contribution >= 0.6 is 0 Å². The van der Waals surface area contributed by atoms with Gasteiger partial charge in [0.1, 0.15) is 5.76 Å². The minimum atomic E-state index is -0.337. The summed E-state index contributed by atoms with van der Waals surface area (Å²) in [6.07, 6.45) is 7.82. The molecular formula is C36H50IrNO2-. The first-order chi connectivity index (χ1) is 18.4. The molecule has 1 unspecified atom stereocenters. The fourth-order valence-electron chi connectivity index (χ4n) is 4.66. The van der Waals surface area contributed by atoms with Gasteiger partial charge in [-0.15, -0.1) is 34.9 Å². The van der Waals surface area contributed by atoms with E-state index in [4.69, 9.17) is 0 Å². The summed E-state index contributed by atoms with van der Waals surface area (Å²) in [7, 11) is 0. The SMILES string of the molecule is CCC(C)(CC)C(=O)C=C(O)C(C)(CC)CC.CCC(C)c1ccc2c(-c3[c-]c(C)cc(C)c3)nccc2c1.[Ir]. The molecule has 1 heterocycles. The van der Waals surface area contributed by atoms with Gasteiger partial charge in [0.15, 0.2) is 5.78 Å². The molecule has 3 aromatic rings. The Morgan fingerprint density at radius 3 is 2.08 bits per heavy atom. The van der Waals surface area contributed by atoms with E-state index in [1.807, 2.05) is 47.7 Å². The first-order valence-corrected chi connectivity index (χ1v) is 14.7. The minimum absolute atomic E-state index is 0. The summed E-state index contributed by atoms with van der Waals surface area (Å²) < 4.78 is 0. The average molecular weight is 721 g/mol. The van der Waals surface area contributed by atoms with E-state index in [-0.39, 0.29) is 42.5 Å². The second-order valence-electron chi connectivity index (χ2n) is 11.6. The third-order valence-corrected chi connectivity index (χ3v) is 8.98. The minimum Gasteiger partial charge on any atom is -0.512 e. The Balaban J connectivity index is 0.000000406. The second-order valence-corrected chi connectivity index (χ2v) is 11.6. The number of pyridine rings is 1. The molecule has 0 aliphatic heterocycles. The smallest absolute Gasteiger partial charge is 0.164 e. The fourth-order valence-corrected chi connectivity index (χ4v) is 4.66. The molecule has 1 aromatic heterocycles. The van der Waals surface area contributed by atoms with Crippen molar-refractivity contribution in [2.75, 3.05) is 0 Å². The molecule has 3 nitrogen and oxygen atoms in total. The standard InChI is InChI=1S/C21H22N.C15H28O2.Ir/c1-5-16(4)17-6-7-20-18(13-17)8-9-22-21(20)19-11-14(2)10-15(3)12-19;1-7-14(5,8-2)12(16)11-13(17)15(6,9-3)10-4;/h6-11,13,16H,5H2,1-4H3;11,16H,7-10H2,1-6H3;/q-1;;. The molecule has 4 heteroatoms. The summed E-state index contributed by atoms with van der Waals surface area (Å²) in [6.45, 7) is 20.8. The third-order valence-electron chi connectivity index (χ3n) is 8.98. The quantitative estimate of drug-likeness (QED) is 0.129. The zero-order valence-corrected chi connectivity index (χ0v) is 28.8. The molecular weight excluding hydrogens is 671 g/mol. The molecule has 0 amide bonds. The number of ketones is 1. The van der Waals surface area contributed by atoms with E-state index in [0.29, 0.717) is 5.92 Å². The summed E-state index contributed by atoms with van der Waals surface area (Å²) in [5, 5.41) is 12.6. The van der Waals surface area contributed by atoms with Crippen molar-refractivity contribution in [3.8, 4) is 11.3 Å². The number of fused-ring (bicyclic) bond motifs is 1. The van der Waals surface area contributed by atoms with Gasteiger partial charge in [-0.3, -0.25) is 4.79 Å². The van der Waals surface area contributed by atoms with Crippen LogP contribution in [0.1, 0.15) is 110 Å². The van der Waals surface area contributed by atoms with Gasteiger partial charge in [-0.1, -0.05) is 87.4 Å². The van der Waals surface area contributed by atoms with Gasteiger partial charge in [0.25, 0.3) is 0 Å². The molecule has 3 rings (SSSR count).